The fourth-order valence-electron chi connectivity index (χ4n) is 3.15. The summed E-state index contributed by atoms with van der Waals surface area (Å²) in [5.74, 6) is -0.889. The third-order valence-corrected chi connectivity index (χ3v) is 4.60. The standard InChI is InChI=1S/C21H29N3O5/c1-14(25)29-17-8-5-7-15(11-17)19(27)22-9-6-10-23-20(28)16-12-18(26)24(13-16)21(2,3)4/h5,7-8,11,16H,6,9-10,12-13H2,1-4H3,(H,22,27)(H,23,28). The first kappa shape index (κ1) is 22.4. The fourth-order valence-corrected chi connectivity index (χ4v) is 3.15. The predicted octanol–water partition coefficient (Wildman–Crippen LogP) is 1.50. The Morgan fingerprint density at radius 3 is 2.48 bits per heavy atom. The van der Waals surface area contributed by atoms with Gasteiger partial charge in [0.15, 0.2) is 0 Å². The van der Waals surface area contributed by atoms with Crippen LogP contribution >= 0.6 is 0 Å². The number of likely N-dealkylation sites (tertiary alicyclic amines) is 1. The number of amides is 3. The van der Waals surface area contributed by atoms with E-state index in [9.17, 15) is 19.2 Å². The van der Waals surface area contributed by atoms with Crippen LogP contribution in [-0.4, -0.2) is 53.8 Å². The molecule has 158 valence electrons. The molecule has 1 aliphatic rings. The van der Waals surface area contributed by atoms with Crippen molar-refractivity contribution in [3.8, 4) is 5.75 Å². The highest BCUT2D eigenvalue weighted by Gasteiger charge is 2.39. The summed E-state index contributed by atoms with van der Waals surface area (Å²) in [6.07, 6.45) is 0.795. The number of benzene rings is 1. The summed E-state index contributed by atoms with van der Waals surface area (Å²) >= 11 is 0. The van der Waals surface area contributed by atoms with E-state index >= 15 is 0 Å². The molecule has 3 amide bonds. The van der Waals surface area contributed by atoms with Gasteiger partial charge in [0.1, 0.15) is 5.75 Å². The molecule has 1 aliphatic heterocycles. The van der Waals surface area contributed by atoms with E-state index in [1.165, 1.54) is 13.0 Å². The van der Waals surface area contributed by atoms with Gasteiger partial charge in [0, 0.05) is 44.1 Å². The minimum Gasteiger partial charge on any atom is -0.427 e. The van der Waals surface area contributed by atoms with Crippen molar-refractivity contribution in [1.29, 1.82) is 0 Å². The second-order valence-corrected chi connectivity index (χ2v) is 8.10. The Labute approximate surface area is 171 Å². The van der Waals surface area contributed by atoms with Gasteiger partial charge in [0.05, 0.1) is 5.92 Å². The Morgan fingerprint density at radius 2 is 1.86 bits per heavy atom. The summed E-state index contributed by atoms with van der Waals surface area (Å²) in [6.45, 7) is 8.38. The number of ether oxygens (including phenoxy) is 1. The average Bonchev–Trinajstić information content (AvgIpc) is 3.03. The maximum absolute atomic E-state index is 12.3. The summed E-state index contributed by atoms with van der Waals surface area (Å²) in [5.41, 5.74) is 0.0999. The highest BCUT2D eigenvalue weighted by atomic mass is 16.5. The molecule has 0 spiro atoms. The monoisotopic (exact) mass is 403 g/mol. The second-order valence-electron chi connectivity index (χ2n) is 8.10. The van der Waals surface area contributed by atoms with Crippen LogP contribution in [0.5, 0.6) is 5.75 Å². The molecule has 8 heteroatoms. The van der Waals surface area contributed by atoms with Crippen molar-refractivity contribution in [2.75, 3.05) is 19.6 Å². The van der Waals surface area contributed by atoms with Gasteiger partial charge < -0.3 is 20.3 Å². The van der Waals surface area contributed by atoms with E-state index in [-0.39, 0.29) is 35.6 Å². The van der Waals surface area contributed by atoms with Crippen LogP contribution in [0, 0.1) is 5.92 Å². The van der Waals surface area contributed by atoms with Crippen LogP contribution in [0.2, 0.25) is 0 Å². The molecule has 1 aromatic carbocycles. The van der Waals surface area contributed by atoms with Crippen LogP contribution < -0.4 is 15.4 Å². The first-order valence-electron chi connectivity index (χ1n) is 9.73. The molecule has 2 N–H and O–H groups in total. The summed E-state index contributed by atoms with van der Waals surface area (Å²) in [6, 6.07) is 6.36. The maximum atomic E-state index is 12.3. The third-order valence-electron chi connectivity index (χ3n) is 4.60. The number of nitrogens with one attached hydrogen (secondary N) is 2. The summed E-state index contributed by atoms with van der Waals surface area (Å²) < 4.78 is 4.97. The van der Waals surface area contributed by atoms with Crippen molar-refractivity contribution >= 4 is 23.7 Å². The molecule has 1 atom stereocenters. The topological polar surface area (TPSA) is 105 Å². The van der Waals surface area contributed by atoms with E-state index in [0.717, 1.165) is 0 Å². The van der Waals surface area contributed by atoms with Gasteiger partial charge in [-0.05, 0) is 45.4 Å². The zero-order valence-electron chi connectivity index (χ0n) is 17.4. The second kappa shape index (κ2) is 9.54. The van der Waals surface area contributed by atoms with Crippen LogP contribution in [0.3, 0.4) is 0 Å². The Kier molecular flexibility index (Phi) is 7.36. The van der Waals surface area contributed by atoms with Crippen LogP contribution in [0.25, 0.3) is 0 Å². The number of nitrogens with zero attached hydrogens (tertiary/aromatic N) is 1. The van der Waals surface area contributed by atoms with Gasteiger partial charge in [-0.2, -0.15) is 0 Å². The van der Waals surface area contributed by atoms with Crippen LogP contribution in [0.4, 0.5) is 0 Å². The first-order valence-corrected chi connectivity index (χ1v) is 9.73. The van der Waals surface area contributed by atoms with E-state index in [1.807, 2.05) is 20.8 Å². The lowest BCUT2D eigenvalue weighted by Crippen LogP contribution is -2.43. The van der Waals surface area contributed by atoms with Gasteiger partial charge >= 0.3 is 5.97 Å². The minimum atomic E-state index is -0.451. The largest absolute Gasteiger partial charge is 0.427 e. The minimum absolute atomic E-state index is 0.000830. The molecule has 29 heavy (non-hydrogen) atoms. The highest BCUT2D eigenvalue weighted by Crippen LogP contribution is 2.25. The van der Waals surface area contributed by atoms with Crippen molar-refractivity contribution < 1.29 is 23.9 Å². The Morgan fingerprint density at radius 1 is 1.17 bits per heavy atom. The summed E-state index contributed by atoms with van der Waals surface area (Å²) in [7, 11) is 0. The number of rotatable bonds is 7. The molecular weight excluding hydrogens is 374 g/mol. The van der Waals surface area contributed by atoms with Crippen molar-refractivity contribution in [1.82, 2.24) is 15.5 Å². The lowest BCUT2D eigenvalue weighted by atomic mass is 10.1. The highest BCUT2D eigenvalue weighted by molar-refractivity contribution is 5.94. The van der Waals surface area contributed by atoms with Gasteiger partial charge in [0.25, 0.3) is 5.91 Å². The van der Waals surface area contributed by atoms with E-state index in [1.54, 1.807) is 23.1 Å². The zero-order chi connectivity index (χ0) is 21.6. The lowest BCUT2D eigenvalue weighted by Gasteiger charge is -2.31. The molecule has 0 aromatic heterocycles. The molecule has 8 nitrogen and oxygen atoms in total. The summed E-state index contributed by atoms with van der Waals surface area (Å²) in [4.78, 5) is 49.3. The molecule has 1 saturated heterocycles. The van der Waals surface area contributed by atoms with E-state index in [4.69, 9.17) is 4.74 Å². The van der Waals surface area contributed by atoms with Crippen molar-refractivity contribution in [3.63, 3.8) is 0 Å². The molecule has 1 unspecified atom stereocenters. The number of esters is 1. The molecule has 1 heterocycles. The van der Waals surface area contributed by atoms with Gasteiger partial charge in [-0.25, -0.2) is 0 Å². The van der Waals surface area contributed by atoms with Crippen LogP contribution in [-0.2, 0) is 14.4 Å². The molecule has 0 bridgehead atoms. The first-order chi connectivity index (χ1) is 13.6. The van der Waals surface area contributed by atoms with E-state index in [0.29, 0.717) is 37.4 Å². The smallest absolute Gasteiger partial charge is 0.308 e. The molecule has 0 saturated carbocycles. The van der Waals surface area contributed by atoms with Gasteiger partial charge in [0.2, 0.25) is 11.8 Å². The number of carbonyl (C=O) groups is 4. The van der Waals surface area contributed by atoms with Crippen molar-refractivity contribution in [2.24, 2.45) is 5.92 Å². The van der Waals surface area contributed by atoms with Crippen LogP contribution in [0.1, 0.15) is 50.9 Å². The number of hydrogen-bond donors (Lipinski definition) is 2. The average molecular weight is 403 g/mol. The van der Waals surface area contributed by atoms with Gasteiger partial charge in [-0.3, -0.25) is 19.2 Å². The van der Waals surface area contributed by atoms with Gasteiger partial charge in [-0.15, -0.1) is 0 Å². The van der Waals surface area contributed by atoms with Crippen molar-refractivity contribution in [3.05, 3.63) is 29.8 Å². The van der Waals surface area contributed by atoms with Crippen LogP contribution in [0.15, 0.2) is 24.3 Å². The summed E-state index contributed by atoms with van der Waals surface area (Å²) in [5, 5.41) is 5.60. The molecule has 0 aliphatic carbocycles. The molecule has 0 radical (unpaired) electrons. The maximum Gasteiger partial charge on any atom is 0.308 e. The SMILES string of the molecule is CC(=O)Oc1cccc(C(=O)NCCCNC(=O)C2CC(=O)N(C(C)(C)C)C2)c1. The lowest BCUT2D eigenvalue weighted by molar-refractivity contribution is -0.132. The van der Waals surface area contributed by atoms with E-state index in [2.05, 4.69) is 10.6 Å². The number of carbonyl (C=O) groups excluding carboxylic acids is 4. The van der Waals surface area contributed by atoms with E-state index < -0.39 is 5.97 Å². The fraction of sp³-hybridized carbons (Fsp3) is 0.524. The predicted molar refractivity (Wildman–Crippen MR) is 107 cm³/mol. The Balaban J connectivity index is 1.71. The van der Waals surface area contributed by atoms with Crippen molar-refractivity contribution in [2.45, 2.75) is 46.1 Å². The Hall–Kier alpha value is -2.90. The third kappa shape index (κ3) is 6.58. The normalized spacial score (nSPS) is 16.5. The van der Waals surface area contributed by atoms with Gasteiger partial charge in [-0.1, -0.05) is 6.07 Å². The zero-order valence-corrected chi connectivity index (χ0v) is 17.4. The molecule has 1 aromatic rings. The molecule has 1 fully saturated rings. The number of hydrogen-bond acceptors (Lipinski definition) is 5. The molecular formula is C21H29N3O5. The quantitative estimate of drug-likeness (QED) is 0.408. The Bertz CT molecular complexity index is 785. The molecule has 2 rings (SSSR count).